The second-order valence-corrected chi connectivity index (χ2v) is 7.38. The van der Waals surface area contributed by atoms with E-state index < -0.39 is 5.41 Å². The van der Waals surface area contributed by atoms with Crippen molar-refractivity contribution in [3.05, 3.63) is 30.0 Å². The number of benzene rings is 1. The Morgan fingerprint density at radius 3 is 2.65 bits per heavy atom. The minimum absolute atomic E-state index is 0.171. The van der Waals surface area contributed by atoms with Crippen molar-refractivity contribution in [2.45, 2.75) is 39.5 Å². The number of anilines is 1. The zero-order valence-electron chi connectivity index (χ0n) is 14.1. The van der Waals surface area contributed by atoms with Gasteiger partial charge < -0.3 is 15.6 Å². The fourth-order valence-electron chi connectivity index (χ4n) is 3.01. The molecule has 23 heavy (non-hydrogen) atoms. The summed E-state index contributed by atoms with van der Waals surface area (Å²) < 4.78 is 0. The van der Waals surface area contributed by atoms with Crippen molar-refractivity contribution in [2.24, 2.45) is 5.41 Å². The Labute approximate surface area is 136 Å². The number of rotatable bonds is 2. The van der Waals surface area contributed by atoms with Gasteiger partial charge in [0.2, 0.25) is 0 Å². The summed E-state index contributed by atoms with van der Waals surface area (Å²) in [6.07, 6.45) is 4.03. The molecule has 2 aromatic rings. The molecule has 0 radical (unpaired) electrons. The maximum absolute atomic E-state index is 12.0. The summed E-state index contributed by atoms with van der Waals surface area (Å²) in [5, 5.41) is 3.00. The predicted molar refractivity (Wildman–Crippen MR) is 91.8 cm³/mol. The van der Waals surface area contributed by atoms with Gasteiger partial charge in [0.15, 0.2) is 0 Å². The molecule has 1 aliphatic heterocycles. The Balaban J connectivity index is 1.67. The first-order valence-corrected chi connectivity index (χ1v) is 8.18. The highest BCUT2D eigenvalue weighted by atomic mass is 16.7. The van der Waals surface area contributed by atoms with Crippen LogP contribution in [0, 0.1) is 5.41 Å². The van der Waals surface area contributed by atoms with E-state index in [2.05, 4.69) is 11.2 Å². The van der Waals surface area contributed by atoms with Crippen LogP contribution in [0.5, 0.6) is 0 Å². The highest BCUT2D eigenvalue weighted by Gasteiger charge is 2.29. The highest BCUT2D eigenvalue weighted by Crippen LogP contribution is 2.34. The number of hydrogen-bond acceptors (Lipinski definition) is 4. The third-order valence-electron chi connectivity index (χ3n) is 4.46. The molecule has 0 spiro atoms. The van der Waals surface area contributed by atoms with E-state index in [1.54, 1.807) is 5.06 Å². The Morgan fingerprint density at radius 1 is 1.30 bits per heavy atom. The lowest BCUT2D eigenvalue weighted by atomic mass is 9.90. The van der Waals surface area contributed by atoms with Gasteiger partial charge in [0.05, 0.1) is 5.41 Å². The Morgan fingerprint density at radius 2 is 2.00 bits per heavy atom. The molecule has 0 atom stereocenters. The van der Waals surface area contributed by atoms with Gasteiger partial charge in [0.25, 0.3) is 0 Å². The monoisotopic (exact) mass is 315 g/mol. The lowest BCUT2D eigenvalue weighted by molar-refractivity contribution is -0.204. The summed E-state index contributed by atoms with van der Waals surface area (Å²) in [6, 6.07) is 5.97. The molecule has 3 N–H and O–H groups in total. The number of nitrogens with two attached hydrogens (primary N) is 1. The van der Waals surface area contributed by atoms with Crippen LogP contribution in [-0.2, 0) is 9.63 Å². The number of nitrogens with one attached hydrogen (secondary N) is 1. The van der Waals surface area contributed by atoms with E-state index >= 15 is 0 Å². The Hall–Kier alpha value is -2.01. The van der Waals surface area contributed by atoms with E-state index in [0.29, 0.717) is 5.92 Å². The van der Waals surface area contributed by atoms with Crippen molar-refractivity contribution in [2.75, 3.05) is 18.8 Å². The number of nitrogen functional groups attached to an aromatic ring is 1. The summed E-state index contributed by atoms with van der Waals surface area (Å²) in [6.45, 7) is 7.15. The second kappa shape index (κ2) is 5.89. The van der Waals surface area contributed by atoms with Gasteiger partial charge in [-0.05, 0) is 63.3 Å². The van der Waals surface area contributed by atoms with Crippen LogP contribution in [0.15, 0.2) is 24.4 Å². The van der Waals surface area contributed by atoms with Gasteiger partial charge in [0, 0.05) is 35.9 Å². The van der Waals surface area contributed by atoms with Crippen LogP contribution in [0.1, 0.15) is 45.1 Å². The zero-order chi connectivity index (χ0) is 16.6. The quantitative estimate of drug-likeness (QED) is 0.833. The lowest BCUT2D eigenvalue weighted by Gasteiger charge is -2.32. The van der Waals surface area contributed by atoms with Crippen molar-refractivity contribution in [3.63, 3.8) is 0 Å². The smallest absolute Gasteiger partial charge is 0.330 e. The topological polar surface area (TPSA) is 71.3 Å². The number of H-pyrrole nitrogens is 1. The van der Waals surface area contributed by atoms with Gasteiger partial charge in [-0.15, -0.1) is 5.06 Å². The van der Waals surface area contributed by atoms with E-state index in [1.165, 1.54) is 10.9 Å². The molecule has 0 saturated carbocycles. The number of aromatic amines is 1. The minimum Gasteiger partial charge on any atom is -0.399 e. The number of fused-ring (bicyclic) bond motifs is 1. The predicted octanol–water partition coefficient (Wildman–Crippen LogP) is 3.43. The van der Waals surface area contributed by atoms with Crippen LogP contribution < -0.4 is 5.73 Å². The van der Waals surface area contributed by atoms with E-state index in [4.69, 9.17) is 10.6 Å². The van der Waals surface area contributed by atoms with Crippen LogP contribution in [0.2, 0.25) is 0 Å². The molecule has 2 heterocycles. The highest BCUT2D eigenvalue weighted by molar-refractivity contribution is 5.86. The maximum atomic E-state index is 12.0. The number of piperidine rings is 1. The van der Waals surface area contributed by atoms with Crippen molar-refractivity contribution in [3.8, 4) is 0 Å². The minimum atomic E-state index is -0.467. The van der Waals surface area contributed by atoms with E-state index in [1.807, 2.05) is 39.0 Å². The number of aromatic nitrogens is 1. The van der Waals surface area contributed by atoms with Gasteiger partial charge in [-0.25, -0.2) is 4.79 Å². The van der Waals surface area contributed by atoms with E-state index in [-0.39, 0.29) is 5.97 Å². The van der Waals surface area contributed by atoms with Crippen LogP contribution >= 0.6 is 0 Å². The van der Waals surface area contributed by atoms with Crippen LogP contribution in [0.4, 0.5) is 5.69 Å². The Bertz CT molecular complexity index is 707. The summed E-state index contributed by atoms with van der Waals surface area (Å²) in [5.41, 5.74) is 8.67. The fraction of sp³-hybridized carbons (Fsp3) is 0.500. The fourth-order valence-corrected chi connectivity index (χ4v) is 3.01. The lowest BCUT2D eigenvalue weighted by Crippen LogP contribution is -2.38. The van der Waals surface area contributed by atoms with Crippen molar-refractivity contribution >= 4 is 22.6 Å². The van der Waals surface area contributed by atoms with Crippen molar-refractivity contribution in [1.29, 1.82) is 0 Å². The van der Waals surface area contributed by atoms with Crippen molar-refractivity contribution < 1.29 is 9.63 Å². The number of nitrogens with zero attached hydrogens (tertiary/aromatic N) is 1. The normalized spacial score (nSPS) is 17.5. The number of carbonyl (C=O) groups is 1. The van der Waals surface area contributed by atoms with Crippen LogP contribution in [0.25, 0.3) is 10.9 Å². The summed E-state index contributed by atoms with van der Waals surface area (Å²) in [7, 11) is 0. The van der Waals surface area contributed by atoms with Crippen LogP contribution in [-0.4, -0.2) is 29.1 Å². The first kappa shape index (κ1) is 15.9. The average Bonchev–Trinajstić information content (AvgIpc) is 2.90. The first-order chi connectivity index (χ1) is 10.8. The standard InChI is InChI=1S/C18H25N3O2/c1-18(2,3)17(22)23-21-8-6-12(7-9-21)15-11-20-16-5-4-13(19)10-14(15)16/h4-5,10-12,20H,6-9,19H2,1-3H3. The Kier molecular flexibility index (Phi) is 4.06. The number of carbonyl (C=O) groups excluding carboxylic acids is 1. The van der Waals surface area contributed by atoms with Crippen molar-refractivity contribution in [1.82, 2.24) is 10.0 Å². The number of hydroxylamine groups is 2. The molecule has 5 nitrogen and oxygen atoms in total. The SMILES string of the molecule is CC(C)(C)C(=O)ON1CCC(c2c[nH]c3ccc(N)cc23)CC1. The van der Waals surface area contributed by atoms with Crippen LogP contribution in [0.3, 0.4) is 0 Å². The van der Waals surface area contributed by atoms with Gasteiger partial charge in [-0.2, -0.15) is 0 Å². The molecule has 0 unspecified atom stereocenters. The van der Waals surface area contributed by atoms with Gasteiger partial charge >= 0.3 is 5.97 Å². The second-order valence-electron chi connectivity index (χ2n) is 7.38. The van der Waals surface area contributed by atoms with E-state index in [0.717, 1.165) is 37.1 Å². The average molecular weight is 315 g/mol. The van der Waals surface area contributed by atoms with Gasteiger partial charge in [-0.1, -0.05) is 0 Å². The molecular weight excluding hydrogens is 290 g/mol. The number of hydrogen-bond donors (Lipinski definition) is 2. The molecule has 3 rings (SSSR count). The molecule has 1 fully saturated rings. The summed E-state index contributed by atoms with van der Waals surface area (Å²) in [5.74, 6) is 0.297. The third kappa shape index (κ3) is 3.34. The first-order valence-electron chi connectivity index (χ1n) is 8.18. The molecule has 0 bridgehead atoms. The molecule has 5 heteroatoms. The summed E-state index contributed by atoms with van der Waals surface area (Å²) >= 11 is 0. The van der Waals surface area contributed by atoms with Gasteiger partial charge in [0.1, 0.15) is 0 Å². The molecule has 0 aliphatic carbocycles. The van der Waals surface area contributed by atoms with Gasteiger partial charge in [-0.3, -0.25) is 0 Å². The summed E-state index contributed by atoms with van der Waals surface area (Å²) in [4.78, 5) is 20.8. The molecule has 1 aromatic carbocycles. The molecular formula is C18H25N3O2. The molecule has 1 aromatic heterocycles. The maximum Gasteiger partial charge on any atom is 0.330 e. The molecule has 1 aliphatic rings. The zero-order valence-corrected chi connectivity index (χ0v) is 14.1. The third-order valence-corrected chi connectivity index (χ3v) is 4.46. The molecule has 124 valence electrons. The molecule has 1 saturated heterocycles. The largest absolute Gasteiger partial charge is 0.399 e. The van der Waals surface area contributed by atoms with E-state index in [9.17, 15) is 4.79 Å². The molecule has 0 amide bonds.